The van der Waals surface area contributed by atoms with Crippen molar-refractivity contribution in [2.45, 2.75) is 46.0 Å². The zero-order chi connectivity index (χ0) is 23.7. The van der Waals surface area contributed by atoms with Crippen LogP contribution in [0.15, 0.2) is 21.5 Å². The van der Waals surface area contributed by atoms with E-state index >= 15 is 0 Å². The molecule has 1 fully saturated rings. The lowest BCUT2D eigenvalue weighted by Gasteiger charge is -2.15. The molecule has 0 saturated carbocycles. The van der Waals surface area contributed by atoms with Gasteiger partial charge in [0.2, 0.25) is 0 Å². The number of thiocarbonyl (C=S) groups is 1. The lowest BCUT2D eigenvalue weighted by molar-refractivity contribution is -0.140. The minimum absolute atomic E-state index is 0.0969. The smallest absolute Gasteiger partial charge is 0.305 e. The molecule has 1 aromatic carbocycles. The number of nitrogens with zero attached hydrogens (tertiary/aromatic N) is 1. The van der Waals surface area contributed by atoms with Crippen LogP contribution in [0.4, 0.5) is 0 Å². The molecule has 1 aliphatic rings. The second-order valence-corrected chi connectivity index (χ2v) is 10.3. The van der Waals surface area contributed by atoms with Crippen LogP contribution in [0.5, 0.6) is 11.5 Å². The van der Waals surface area contributed by atoms with Crippen molar-refractivity contribution >= 4 is 62.2 Å². The molecular weight excluding hydrogens is 514 g/mol. The van der Waals surface area contributed by atoms with E-state index in [-0.39, 0.29) is 11.9 Å². The highest BCUT2D eigenvalue weighted by Crippen LogP contribution is 2.39. The fourth-order valence-electron chi connectivity index (χ4n) is 3.02. The molecule has 1 saturated heterocycles. The second-order valence-electron chi connectivity index (χ2n) is 7.79. The van der Waals surface area contributed by atoms with Crippen LogP contribution in [0, 0.1) is 5.92 Å². The van der Waals surface area contributed by atoms with E-state index in [1.165, 1.54) is 18.9 Å². The minimum Gasteiger partial charge on any atom is -0.493 e. The van der Waals surface area contributed by atoms with Gasteiger partial charge >= 0.3 is 5.97 Å². The van der Waals surface area contributed by atoms with Gasteiger partial charge in [0.25, 0.3) is 5.91 Å². The molecule has 0 atom stereocenters. The Morgan fingerprint density at radius 1 is 1.25 bits per heavy atom. The van der Waals surface area contributed by atoms with Gasteiger partial charge in [0.15, 0.2) is 11.5 Å². The average molecular weight is 545 g/mol. The number of benzene rings is 1. The molecule has 0 aliphatic carbocycles. The van der Waals surface area contributed by atoms with Gasteiger partial charge in [0, 0.05) is 13.0 Å². The van der Waals surface area contributed by atoms with E-state index in [9.17, 15) is 9.59 Å². The van der Waals surface area contributed by atoms with Gasteiger partial charge < -0.3 is 14.2 Å². The molecule has 1 amide bonds. The molecule has 2 rings (SSSR count). The van der Waals surface area contributed by atoms with Crippen molar-refractivity contribution in [3.63, 3.8) is 0 Å². The van der Waals surface area contributed by atoms with Crippen LogP contribution in [-0.2, 0) is 14.3 Å². The van der Waals surface area contributed by atoms with E-state index in [0.29, 0.717) is 46.2 Å². The van der Waals surface area contributed by atoms with Gasteiger partial charge in [-0.1, -0.05) is 44.2 Å². The van der Waals surface area contributed by atoms with E-state index < -0.39 is 0 Å². The molecule has 1 aromatic rings. The molecular formula is C23H30BrNO5S2. The topological polar surface area (TPSA) is 65.1 Å². The summed E-state index contributed by atoms with van der Waals surface area (Å²) < 4.78 is 17.4. The molecule has 1 aliphatic heterocycles. The predicted molar refractivity (Wildman–Crippen MR) is 136 cm³/mol. The highest BCUT2D eigenvalue weighted by molar-refractivity contribution is 9.10. The third-order valence-electron chi connectivity index (χ3n) is 4.86. The average Bonchev–Trinajstić information content (AvgIpc) is 3.01. The third-order valence-corrected chi connectivity index (χ3v) is 6.82. The SMILES string of the molecule is COC(=O)CCCCCN1C(=O)/C(=C\c2cc(Br)c(OCCC(C)C)c(OC)c2)SC1=S. The summed E-state index contributed by atoms with van der Waals surface area (Å²) in [6, 6.07) is 3.77. The molecule has 0 spiro atoms. The Kier molecular flexibility index (Phi) is 11.0. The van der Waals surface area contributed by atoms with Crippen molar-refractivity contribution in [3.8, 4) is 11.5 Å². The van der Waals surface area contributed by atoms with Gasteiger partial charge in [0.1, 0.15) is 4.32 Å². The first-order chi connectivity index (χ1) is 15.3. The van der Waals surface area contributed by atoms with Crippen LogP contribution >= 0.6 is 39.9 Å². The van der Waals surface area contributed by atoms with Gasteiger partial charge in [0.05, 0.1) is 30.2 Å². The number of halogens is 1. The second kappa shape index (κ2) is 13.2. The van der Waals surface area contributed by atoms with Crippen molar-refractivity contribution in [1.29, 1.82) is 0 Å². The number of carbonyl (C=O) groups is 2. The maximum absolute atomic E-state index is 12.9. The third kappa shape index (κ3) is 7.78. The first kappa shape index (κ1) is 26.7. The summed E-state index contributed by atoms with van der Waals surface area (Å²) in [6.45, 7) is 5.44. The Balaban J connectivity index is 2.03. The lowest BCUT2D eigenvalue weighted by atomic mass is 10.1. The quantitative estimate of drug-likeness (QED) is 0.142. The fraction of sp³-hybridized carbons (Fsp3) is 0.522. The maximum Gasteiger partial charge on any atom is 0.305 e. The molecule has 176 valence electrons. The van der Waals surface area contributed by atoms with Crippen molar-refractivity contribution in [1.82, 2.24) is 4.90 Å². The Labute approximate surface area is 208 Å². The van der Waals surface area contributed by atoms with Crippen LogP contribution < -0.4 is 9.47 Å². The number of thioether (sulfide) groups is 1. The number of unbranched alkanes of at least 4 members (excludes halogenated alkanes) is 2. The number of hydrogen-bond acceptors (Lipinski definition) is 7. The first-order valence-electron chi connectivity index (χ1n) is 10.6. The molecule has 1 heterocycles. The Hall–Kier alpha value is -1.58. The zero-order valence-electron chi connectivity index (χ0n) is 18.9. The molecule has 0 bridgehead atoms. The number of esters is 1. The monoisotopic (exact) mass is 543 g/mol. The normalized spacial score (nSPS) is 15.1. The van der Waals surface area contributed by atoms with Crippen LogP contribution in [0.1, 0.15) is 51.5 Å². The van der Waals surface area contributed by atoms with Crippen molar-refractivity contribution in [2.24, 2.45) is 5.92 Å². The van der Waals surface area contributed by atoms with E-state index in [0.717, 1.165) is 35.7 Å². The number of rotatable bonds is 12. The number of methoxy groups -OCH3 is 2. The number of amides is 1. The van der Waals surface area contributed by atoms with Crippen molar-refractivity contribution < 1.29 is 23.8 Å². The van der Waals surface area contributed by atoms with E-state index in [2.05, 4.69) is 34.5 Å². The number of carbonyl (C=O) groups excluding carboxylic acids is 2. The lowest BCUT2D eigenvalue weighted by Crippen LogP contribution is -2.29. The molecule has 6 nitrogen and oxygen atoms in total. The maximum atomic E-state index is 12.9. The summed E-state index contributed by atoms with van der Waals surface area (Å²) in [7, 11) is 2.98. The molecule has 0 N–H and O–H groups in total. The highest BCUT2D eigenvalue weighted by Gasteiger charge is 2.31. The Bertz CT molecular complexity index is 872. The first-order valence-corrected chi connectivity index (χ1v) is 12.6. The molecule has 9 heteroatoms. The van der Waals surface area contributed by atoms with E-state index in [4.69, 9.17) is 21.7 Å². The summed E-state index contributed by atoms with van der Waals surface area (Å²) in [5.74, 6) is 1.51. The van der Waals surface area contributed by atoms with Crippen LogP contribution in [0.2, 0.25) is 0 Å². The van der Waals surface area contributed by atoms with Gasteiger partial charge in [-0.2, -0.15) is 0 Å². The summed E-state index contributed by atoms with van der Waals surface area (Å²) >= 11 is 10.3. The molecule has 0 aromatic heterocycles. The van der Waals surface area contributed by atoms with Crippen molar-refractivity contribution in [2.75, 3.05) is 27.4 Å². The fourth-order valence-corrected chi connectivity index (χ4v) is 4.90. The standard InChI is InChI=1S/C23H30BrNO5S2/c1-15(2)9-11-30-21-17(24)12-16(13-18(21)28-3)14-19-22(27)25(23(31)32-19)10-7-5-6-8-20(26)29-4/h12-15H,5-11H2,1-4H3/b19-14+. The Morgan fingerprint density at radius 3 is 2.66 bits per heavy atom. The van der Waals surface area contributed by atoms with Gasteiger partial charge in [-0.15, -0.1) is 0 Å². The summed E-state index contributed by atoms with van der Waals surface area (Å²) in [5, 5.41) is 0. The van der Waals surface area contributed by atoms with Crippen LogP contribution in [0.3, 0.4) is 0 Å². The van der Waals surface area contributed by atoms with Gasteiger partial charge in [-0.25, -0.2) is 0 Å². The van der Waals surface area contributed by atoms with E-state index in [1.54, 1.807) is 12.0 Å². The van der Waals surface area contributed by atoms with Gasteiger partial charge in [-0.3, -0.25) is 14.5 Å². The predicted octanol–water partition coefficient (Wildman–Crippen LogP) is 5.82. The number of ether oxygens (including phenoxy) is 3. The summed E-state index contributed by atoms with van der Waals surface area (Å²) in [5.41, 5.74) is 0.823. The van der Waals surface area contributed by atoms with Crippen LogP contribution in [-0.4, -0.2) is 48.5 Å². The summed E-state index contributed by atoms with van der Waals surface area (Å²) in [6.07, 6.45) is 5.50. The molecule has 0 radical (unpaired) electrons. The number of hydrogen-bond donors (Lipinski definition) is 0. The Morgan fingerprint density at radius 2 is 2.00 bits per heavy atom. The van der Waals surface area contributed by atoms with E-state index in [1.807, 2.05) is 18.2 Å². The molecule has 0 unspecified atom stereocenters. The van der Waals surface area contributed by atoms with Crippen molar-refractivity contribution in [3.05, 3.63) is 27.1 Å². The van der Waals surface area contributed by atoms with Gasteiger partial charge in [-0.05, 0) is 64.9 Å². The largest absolute Gasteiger partial charge is 0.493 e. The van der Waals surface area contributed by atoms with Crippen LogP contribution in [0.25, 0.3) is 6.08 Å². The summed E-state index contributed by atoms with van der Waals surface area (Å²) in [4.78, 5) is 26.2. The minimum atomic E-state index is -0.212. The molecule has 32 heavy (non-hydrogen) atoms. The highest BCUT2D eigenvalue weighted by atomic mass is 79.9. The zero-order valence-corrected chi connectivity index (χ0v) is 22.2.